The number of nitrogens with zero attached hydrogens (tertiary/aromatic N) is 2. The van der Waals surface area contributed by atoms with Gasteiger partial charge in [-0.05, 0) is 5.92 Å². The van der Waals surface area contributed by atoms with Gasteiger partial charge in [0.2, 0.25) is 5.91 Å². The molecule has 0 radical (unpaired) electrons. The zero-order chi connectivity index (χ0) is 10.3. The molecule has 5 nitrogen and oxygen atoms in total. The second kappa shape index (κ2) is 2.94. The number of carbonyl (C=O) groups excluding carboxylic acids is 2. The molecule has 0 aromatic carbocycles. The summed E-state index contributed by atoms with van der Waals surface area (Å²) in [6.07, 6.45) is -0.119. The maximum absolute atomic E-state index is 11.4. The van der Waals surface area contributed by atoms with E-state index < -0.39 is 0 Å². The first-order valence-electron chi connectivity index (χ1n) is 4.51. The number of hydrogen-bond acceptors (Lipinski definition) is 3. The van der Waals surface area contributed by atoms with Crippen molar-refractivity contribution in [2.75, 3.05) is 5.32 Å². The monoisotopic (exact) mass is 193 g/mol. The summed E-state index contributed by atoms with van der Waals surface area (Å²) in [4.78, 5) is 22.4. The zero-order valence-corrected chi connectivity index (χ0v) is 8.07. The van der Waals surface area contributed by atoms with E-state index in [9.17, 15) is 9.59 Å². The van der Waals surface area contributed by atoms with Crippen LogP contribution in [0.15, 0.2) is 6.07 Å². The summed E-state index contributed by atoms with van der Waals surface area (Å²) in [5.74, 6) is 0.195. The molecule has 0 fully saturated rings. The molecule has 0 unspecified atom stereocenters. The largest absolute Gasteiger partial charge is 0.310 e. The molecule has 2 heterocycles. The van der Waals surface area contributed by atoms with Crippen molar-refractivity contribution in [3.05, 3.63) is 11.8 Å². The summed E-state index contributed by atoms with van der Waals surface area (Å²) in [5, 5.41) is 6.72. The van der Waals surface area contributed by atoms with Crippen molar-refractivity contribution in [2.24, 2.45) is 0 Å². The van der Waals surface area contributed by atoms with Crippen LogP contribution in [0.5, 0.6) is 0 Å². The number of aromatic nitrogens is 2. The minimum atomic E-state index is -0.268. The van der Waals surface area contributed by atoms with Gasteiger partial charge in [-0.3, -0.25) is 9.59 Å². The van der Waals surface area contributed by atoms with Gasteiger partial charge < -0.3 is 5.32 Å². The van der Waals surface area contributed by atoms with Gasteiger partial charge in [-0.1, -0.05) is 13.8 Å². The van der Waals surface area contributed by atoms with Crippen molar-refractivity contribution in [1.29, 1.82) is 0 Å². The topological polar surface area (TPSA) is 64.0 Å². The summed E-state index contributed by atoms with van der Waals surface area (Å²) >= 11 is 0. The van der Waals surface area contributed by atoms with E-state index in [2.05, 4.69) is 10.4 Å². The molecule has 14 heavy (non-hydrogen) atoms. The van der Waals surface area contributed by atoms with Crippen molar-refractivity contribution < 1.29 is 9.59 Å². The third kappa shape index (κ3) is 1.30. The Morgan fingerprint density at radius 2 is 2.21 bits per heavy atom. The first-order valence-corrected chi connectivity index (χ1v) is 4.51. The maximum Gasteiger partial charge on any atom is 0.258 e. The lowest BCUT2D eigenvalue weighted by Gasteiger charge is -2.11. The molecule has 1 aliphatic heterocycles. The molecule has 1 aromatic heterocycles. The van der Waals surface area contributed by atoms with E-state index in [1.54, 1.807) is 6.07 Å². The van der Waals surface area contributed by atoms with E-state index in [-0.39, 0.29) is 24.2 Å². The Morgan fingerprint density at radius 1 is 1.50 bits per heavy atom. The van der Waals surface area contributed by atoms with Crippen LogP contribution < -0.4 is 5.32 Å². The fourth-order valence-electron chi connectivity index (χ4n) is 1.36. The minimum absolute atomic E-state index is 0.119. The first kappa shape index (κ1) is 8.93. The van der Waals surface area contributed by atoms with Crippen LogP contribution in [0.4, 0.5) is 5.82 Å². The molecule has 0 atom stereocenters. The molecule has 0 bridgehead atoms. The Kier molecular flexibility index (Phi) is 1.87. The van der Waals surface area contributed by atoms with Gasteiger partial charge in [-0.15, -0.1) is 0 Å². The number of hydrogen-bond donors (Lipinski definition) is 1. The van der Waals surface area contributed by atoms with Crippen LogP contribution in [-0.4, -0.2) is 21.6 Å². The van der Waals surface area contributed by atoms with Gasteiger partial charge in [-0.2, -0.15) is 9.78 Å². The highest BCUT2D eigenvalue weighted by molar-refractivity contribution is 6.08. The summed E-state index contributed by atoms with van der Waals surface area (Å²) < 4.78 is 1.26. The Hall–Kier alpha value is -1.65. The lowest BCUT2D eigenvalue weighted by molar-refractivity contribution is -0.115. The van der Waals surface area contributed by atoms with Crippen molar-refractivity contribution in [2.45, 2.75) is 26.2 Å². The Morgan fingerprint density at radius 3 is 2.86 bits per heavy atom. The highest BCUT2D eigenvalue weighted by atomic mass is 16.2. The van der Waals surface area contributed by atoms with Crippen LogP contribution in [0.3, 0.4) is 0 Å². The molecule has 1 aliphatic rings. The van der Waals surface area contributed by atoms with Crippen molar-refractivity contribution in [3.8, 4) is 0 Å². The Labute approximate surface area is 81.1 Å². The van der Waals surface area contributed by atoms with Crippen molar-refractivity contribution in [3.63, 3.8) is 0 Å². The molecule has 0 spiro atoms. The van der Waals surface area contributed by atoms with E-state index in [1.807, 2.05) is 13.8 Å². The van der Waals surface area contributed by atoms with Crippen molar-refractivity contribution in [1.82, 2.24) is 9.78 Å². The zero-order valence-electron chi connectivity index (χ0n) is 8.07. The van der Waals surface area contributed by atoms with Crippen LogP contribution in [0.1, 0.15) is 36.7 Å². The number of nitrogens with one attached hydrogen (secondary N) is 1. The molecule has 0 saturated heterocycles. The quantitative estimate of drug-likeness (QED) is 0.676. The molecule has 5 heteroatoms. The average Bonchev–Trinajstić information content (AvgIpc) is 2.47. The number of anilines is 1. The molecule has 0 aliphatic carbocycles. The van der Waals surface area contributed by atoms with Gasteiger partial charge in [0.05, 0.1) is 5.69 Å². The Bertz CT molecular complexity index is 406. The fourth-order valence-corrected chi connectivity index (χ4v) is 1.36. The summed E-state index contributed by atoms with van der Waals surface area (Å²) in [5.41, 5.74) is 0.815. The standard InChI is InChI=1S/C9H11N3O2/c1-5(2)6-3-7-10-8(13)4-9(14)12(7)11-6/h3,5H,4H2,1-2H3,(H,10,13). The van der Waals surface area contributed by atoms with Crippen LogP contribution in [-0.2, 0) is 4.79 Å². The second-order valence-electron chi connectivity index (χ2n) is 3.64. The van der Waals surface area contributed by atoms with E-state index in [1.165, 1.54) is 4.68 Å². The van der Waals surface area contributed by atoms with Gasteiger partial charge in [0.1, 0.15) is 12.2 Å². The molecular formula is C9H11N3O2. The number of fused-ring (bicyclic) bond motifs is 1. The maximum atomic E-state index is 11.4. The number of carbonyl (C=O) groups is 2. The van der Waals surface area contributed by atoms with E-state index in [0.29, 0.717) is 5.82 Å². The fraction of sp³-hybridized carbons (Fsp3) is 0.444. The predicted molar refractivity (Wildman–Crippen MR) is 50.2 cm³/mol. The molecule has 1 N–H and O–H groups in total. The summed E-state index contributed by atoms with van der Waals surface area (Å²) in [7, 11) is 0. The second-order valence-corrected chi connectivity index (χ2v) is 3.64. The molecule has 74 valence electrons. The first-order chi connectivity index (χ1) is 6.58. The molecular weight excluding hydrogens is 182 g/mol. The molecule has 0 saturated carbocycles. The van der Waals surface area contributed by atoms with Crippen LogP contribution >= 0.6 is 0 Å². The van der Waals surface area contributed by atoms with Gasteiger partial charge in [-0.25, -0.2) is 0 Å². The SMILES string of the molecule is CC(C)c1cc2n(n1)C(=O)CC(=O)N2. The van der Waals surface area contributed by atoms with Gasteiger partial charge >= 0.3 is 0 Å². The number of amides is 1. The third-order valence-corrected chi connectivity index (χ3v) is 2.14. The minimum Gasteiger partial charge on any atom is -0.310 e. The number of rotatable bonds is 1. The average molecular weight is 193 g/mol. The summed E-state index contributed by atoms with van der Waals surface area (Å²) in [6, 6.07) is 1.74. The van der Waals surface area contributed by atoms with Gasteiger partial charge in [0.25, 0.3) is 5.91 Å². The smallest absolute Gasteiger partial charge is 0.258 e. The van der Waals surface area contributed by atoms with Crippen LogP contribution in [0.2, 0.25) is 0 Å². The predicted octanol–water partition coefficient (Wildman–Crippen LogP) is 0.989. The van der Waals surface area contributed by atoms with E-state index in [0.717, 1.165) is 5.69 Å². The third-order valence-electron chi connectivity index (χ3n) is 2.14. The van der Waals surface area contributed by atoms with E-state index >= 15 is 0 Å². The molecule has 1 amide bonds. The van der Waals surface area contributed by atoms with Crippen LogP contribution in [0.25, 0.3) is 0 Å². The highest BCUT2D eigenvalue weighted by Gasteiger charge is 2.24. The molecule has 2 rings (SSSR count). The molecule has 1 aromatic rings. The Balaban J connectivity index is 2.45. The van der Waals surface area contributed by atoms with Crippen LogP contribution in [0, 0.1) is 0 Å². The summed E-state index contributed by atoms with van der Waals surface area (Å²) in [6.45, 7) is 3.97. The van der Waals surface area contributed by atoms with Gasteiger partial charge in [0, 0.05) is 6.07 Å². The lowest BCUT2D eigenvalue weighted by atomic mass is 10.1. The normalized spacial score (nSPS) is 15.6. The highest BCUT2D eigenvalue weighted by Crippen LogP contribution is 2.20. The van der Waals surface area contributed by atoms with E-state index in [4.69, 9.17) is 0 Å². The lowest BCUT2D eigenvalue weighted by Crippen LogP contribution is -2.29. The van der Waals surface area contributed by atoms with Gasteiger partial charge in [0.15, 0.2) is 0 Å². The van der Waals surface area contributed by atoms with Crippen molar-refractivity contribution >= 4 is 17.6 Å².